The summed E-state index contributed by atoms with van der Waals surface area (Å²) in [4.78, 5) is 12.0. The van der Waals surface area contributed by atoms with Crippen molar-refractivity contribution in [3.63, 3.8) is 0 Å². The SMILES string of the molecule is CC(NC(=O)CC(O)C(C)C)c1nnnn1-c1ccccc1. The first-order valence-electron chi connectivity index (χ1n) is 7.30. The Hall–Kier alpha value is -2.28. The predicted molar refractivity (Wildman–Crippen MR) is 81.2 cm³/mol. The molecule has 0 radical (unpaired) electrons. The molecule has 2 aromatic rings. The third kappa shape index (κ3) is 3.88. The Morgan fingerprint density at radius 1 is 1.27 bits per heavy atom. The molecule has 0 aliphatic heterocycles. The van der Waals surface area contributed by atoms with Gasteiger partial charge in [0.25, 0.3) is 0 Å². The molecule has 2 atom stereocenters. The van der Waals surface area contributed by atoms with E-state index in [4.69, 9.17) is 0 Å². The summed E-state index contributed by atoms with van der Waals surface area (Å²) in [5.74, 6) is 0.352. The number of aromatic nitrogens is 4. The van der Waals surface area contributed by atoms with Gasteiger partial charge >= 0.3 is 0 Å². The Bertz CT molecular complexity index is 611. The monoisotopic (exact) mass is 303 g/mol. The molecule has 2 N–H and O–H groups in total. The van der Waals surface area contributed by atoms with Crippen LogP contribution in [0.5, 0.6) is 0 Å². The van der Waals surface area contributed by atoms with Gasteiger partial charge in [0.05, 0.1) is 24.3 Å². The van der Waals surface area contributed by atoms with Crippen molar-refractivity contribution < 1.29 is 9.90 Å². The summed E-state index contributed by atoms with van der Waals surface area (Å²) in [5.41, 5.74) is 0.825. The maximum absolute atomic E-state index is 12.0. The van der Waals surface area contributed by atoms with Gasteiger partial charge in [-0.1, -0.05) is 32.0 Å². The molecule has 0 spiro atoms. The van der Waals surface area contributed by atoms with Gasteiger partial charge < -0.3 is 10.4 Å². The predicted octanol–water partition coefficient (Wildman–Crippen LogP) is 1.25. The maximum atomic E-state index is 12.0. The number of amides is 1. The molecule has 1 heterocycles. The van der Waals surface area contributed by atoms with E-state index in [1.165, 1.54) is 0 Å². The summed E-state index contributed by atoms with van der Waals surface area (Å²) in [6, 6.07) is 9.11. The lowest BCUT2D eigenvalue weighted by Gasteiger charge is -2.17. The normalized spacial score (nSPS) is 13.9. The van der Waals surface area contributed by atoms with Crippen molar-refractivity contribution in [1.82, 2.24) is 25.5 Å². The number of carbonyl (C=O) groups excluding carboxylic acids is 1. The van der Waals surface area contributed by atoms with Gasteiger partial charge in [-0.3, -0.25) is 4.79 Å². The molecule has 0 aliphatic carbocycles. The molecule has 7 heteroatoms. The van der Waals surface area contributed by atoms with Crippen LogP contribution in [0.3, 0.4) is 0 Å². The van der Waals surface area contributed by atoms with Gasteiger partial charge in [-0.2, -0.15) is 4.68 Å². The number of nitrogens with one attached hydrogen (secondary N) is 1. The Kier molecular flexibility index (Phi) is 5.21. The van der Waals surface area contributed by atoms with E-state index in [0.717, 1.165) is 5.69 Å². The first-order valence-corrected chi connectivity index (χ1v) is 7.30. The molecular formula is C15H21N5O2. The van der Waals surface area contributed by atoms with Gasteiger partial charge in [0.15, 0.2) is 5.82 Å². The molecule has 1 aromatic heterocycles. The van der Waals surface area contributed by atoms with Gasteiger partial charge in [0.2, 0.25) is 5.91 Å². The Morgan fingerprint density at radius 3 is 2.59 bits per heavy atom. The average Bonchev–Trinajstić information content (AvgIpc) is 2.97. The molecule has 2 unspecified atom stereocenters. The van der Waals surface area contributed by atoms with Crippen molar-refractivity contribution in [1.29, 1.82) is 0 Å². The minimum absolute atomic E-state index is 0.0377. The second kappa shape index (κ2) is 7.13. The first-order chi connectivity index (χ1) is 10.5. The van der Waals surface area contributed by atoms with E-state index in [1.807, 2.05) is 51.1 Å². The molecule has 0 saturated carbocycles. The molecule has 1 aromatic carbocycles. The molecule has 0 aliphatic rings. The molecule has 2 rings (SSSR count). The minimum atomic E-state index is -0.655. The highest BCUT2D eigenvalue weighted by Gasteiger charge is 2.20. The molecule has 7 nitrogen and oxygen atoms in total. The summed E-state index contributed by atoms with van der Waals surface area (Å²) in [6.45, 7) is 5.56. The lowest BCUT2D eigenvalue weighted by atomic mass is 10.0. The zero-order valence-corrected chi connectivity index (χ0v) is 13.0. The summed E-state index contributed by atoms with van der Waals surface area (Å²) in [6.07, 6.45) is -0.591. The summed E-state index contributed by atoms with van der Waals surface area (Å²) in [5, 5.41) is 24.2. The molecule has 118 valence electrons. The molecule has 0 bridgehead atoms. The number of carbonyl (C=O) groups is 1. The number of hydrogen-bond acceptors (Lipinski definition) is 5. The molecule has 0 fully saturated rings. The van der Waals surface area contributed by atoms with Crippen LogP contribution in [0.25, 0.3) is 5.69 Å². The van der Waals surface area contributed by atoms with Gasteiger partial charge in [-0.15, -0.1) is 5.10 Å². The Labute approximate surface area is 129 Å². The van der Waals surface area contributed by atoms with Crippen LogP contribution >= 0.6 is 0 Å². The fourth-order valence-corrected chi connectivity index (χ4v) is 2.01. The number of para-hydroxylation sites is 1. The number of aliphatic hydroxyl groups is 1. The molecule has 1 amide bonds. The minimum Gasteiger partial charge on any atom is -0.392 e. The Balaban J connectivity index is 2.07. The fraction of sp³-hybridized carbons (Fsp3) is 0.467. The number of nitrogens with zero attached hydrogens (tertiary/aromatic N) is 4. The third-order valence-electron chi connectivity index (χ3n) is 3.42. The second-order valence-electron chi connectivity index (χ2n) is 5.59. The summed E-state index contributed by atoms with van der Waals surface area (Å²) < 4.78 is 1.59. The second-order valence-corrected chi connectivity index (χ2v) is 5.59. The largest absolute Gasteiger partial charge is 0.392 e. The molecule has 22 heavy (non-hydrogen) atoms. The van der Waals surface area contributed by atoms with Crippen LogP contribution in [0.1, 0.15) is 39.1 Å². The highest BCUT2D eigenvalue weighted by molar-refractivity contribution is 5.76. The van der Waals surface area contributed by atoms with E-state index in [2.05, 4.69) is 20.8 Å². The van der Waals surface area contributed by atoms with E-state index in [0.29, 0.717) is 5.82 Å². The van der Waals surface area contributed by atoms with Crippen LogP contribution in [0.2, 0.25) is 0 Å². The van der Waals surface area contributed by atoms with Crippen LogP contribution in [0.15, 0.2) is 30.3 Å². The summed E-state index contributed by atoms with van der Waals surface area (Å²) in [7, 11) is 0. The average molecular weight is 303 g/mol. The zero-order valence-electron chi connectivity index (χ0n) is 13.0. The fourth-order valence-electron chi connectivity index (χ4n) is 2.01. The maximum Gasteiger partial charge on any atom is 0.223 e. The van der Waals surface area contributed by atoms with Crippen molar-refractivity contribution >= 4 is 5.91 Å². The van der Waals surface area contributed by atoms with Gasteiger partial charge in [-0.25, -0.2) is 0 Å². The van der Waals surface area contributed by atoms with Crippen molar-refractivity contribution in [3.05, 3.63) is 36.2 Å². The van der Waals surface area contributed by atoms with E-state index in [-0.39, 0.29) is 24.3 Å². The van der Waals surface area contributed by atoms with Crippen LogP contribution in [-0.2, 0) is 4.79 Å². The summed E-state index contributed by atoms with van der Waals surface area (Å²) >= 11 is 0. The van der Waals surface area contributed by atoms with Crippen LogP contribution in [-0.4, -0.2) is 37.3 Å². The number of rotatable bonds is 6. The van der Waals surface area contributed by atoms with Gasteiger partial charge in [0.1, 0.15) is 0 Å². The molecule has 0 saturated heterocycles. The smallest absolute Gasteiger partial charge is 0.223 e. The highest BCUT2D eigenvalue weighted by Crippen LogP contribution is 2.14. The van der Waals surface area contributed by atoms with E-state index in [1.54, 1.807) is 4.68 Å². The van der Waals surface area contributed by atoms with E-state index in [9.17, 15) is 9.90 Å². The van der Waals surface area contributed by atoms with Crippen LogP contribution in [0.4, 0.5) is 0 Å². The molecular weight excluding hydrogens is 282 g/mol. The van der Waals surface area contributed by atoms with Crippen molar-refractivity contribution in [2.75, 3.05) is 0 Å². The van der Waals surface area contributed by atoms with Crippen molar-refractivity contribution in [2.45, 2.75) is 39.3 Å². The highest BCUT2D eigenvalue weighted by atomic mass is 16.3. The van der Waals surface area contributed by atoms with Gasteiger partial charge in [0, 0.05) is 0 Å². The number of tetrazole rings is 1. The van der Waals surface area contributed by atoms with Crippen LogP contribution < -0.4 is 5.32 Å². The van der Waals surface area contributed by atoms with Crippen LogP contribution in [0, 0.1) is 5.92 Å². The third-order valence-corrected chi connectivity index (χ3v) is 3.42. The topological polar surface area (TPSA) is 92.9 Å². The lowest BCUT2D eigenvalue weighted by molar-refractivity contribution is -0.124. The number of aliphatic hydroxyl groups excluding tert-OH is 1. The van der Waals surface area contributed by atoms with Crippen molar-refractivity contribution in [3.8, 4) is 5.69 Å². The van der Waals surface area contributed by atoms with E-state index >= 15 is 0 Å². The zero-order chi connectivity index (χ0) is 16.1. The first kappa shape index (κ1) is 16.1. The Morgan fingerprint density at radius 2 is 1.95 bits per heavy atom. The lowest BCUT2D eigenvalue weighted by Crippen LogP contribution is -2.32. The quantitative estimate of drug-likeness (QED) is 0.837. The van der Waals surface area contributed by atoms with Gasteiger partial charge in [-0.05, 0) is 35.4 Å². The standard InChI is InChI=1S/C15H21N5O2/c1-10(2)13(21)9-14(22)16-11(3)15-17-18-19-20(15)12-7-5-4-6-8-12/h4-8,10-11,13,21H,9H2,1-3H3,(H,16,22). The van der Waals surface area contributed by atoms with Crippen molar-refractivity contribution in [2.24, 2.45) is 5.92 Å². The number of hydrogen-bond donors (Lipinski definition) is 2. The number of benzene rings is 1. The van der Waals surface area contributed by atoms with E-state index < -0.39 is 6.10 Å².